The summed E-state index contributed by atoms with van der Waals surface area (Å²) in [4.78, 5) is 13.8. The SMILES string of the molecule is CS(=O)(=O)c1nccn1-c1ccc([N+](=O)[O-])cc1. The fraction of sp³-hybridized carbons (Fsp3) is 0.100. The van der Waals surface area contributed by atoms with E-state index in [0.29, 0.717) is 5.69 Å². The van der Waals surface area contributed by atoms with Crippen LogP contribution in [0.15, 0.2) is 41.8 Å². The molecule has 0 atom stereocenters. The lowest BCUT2D eigenvalue weighted by atomic mass is 10.3. The molecule has 0 saturated heterocycles. The number of nitro benzene ring substituents is 1. The zero-order valence-electron chi connectivity index (χ0n) is 9.35. The van der Waals surface area contributed by atoms with Gasteiger partial charge < -0.3 is 0 Å². The molecule has 0 N–H and O–H groups in total. The second-order valence-corrected chi connectivity index (χ2v) is 5.53. The molecular formula is C10H9N3O4S. The van der Waals surface area contributed by atoms with Crippen LogP contribution in [0.5, 0.6) is 0 Å². The molecule has 8 heteroatoms. The molecule has 18 heavy (non-hydrogen) atoms. The Morgan fingerprint density at radius 1 is 1.28 bits per heavy atom. The van der Waals surface area contributed by atoms with Crippen LogP contribution >= 0.6 is 0 Å². The van der Waals surface area contributed by atoms with Gasteiger partial charge in [0.15, 0.2) is 0 Å². The van der Waals surface area contributed by atoms with Gasteiger partial charge >= 0.3 is 0 Å². The van der Waals surface area contributed by atoms with E-state index in [1.165, 1.54) is 41.2 Å². The lowest BCUT2D eigenvalue weighted by Crippen LogP contribution is -2.07. The average Bonchev–Trinajstić information content (AvgIpc) is 2.77. The predicted octanol–water partition coefficient (Wildman–Crippen LogP) is 1.18. The molecule has 0 spiro atoms. The number of benzene rings is 1. The smallest absolute Gasteiger partial charge is 0.269 e. The molecule has 2 rings (SSSR count). The molecule has 0 aliphatic heterocycles. The first-order valence-electron chi connectivity index (χ1n) is 4.88. The first-order valence-corrected chi connectivity index (χ1v) is 6.77. The summed E-state index contributed by atoms with van der Waals surface area (Å²) in [5.41, 5.74) is 0.443. The van der Waals surface area contributed by atoms with Crippen LogP contribution in [0.3, 0.4) is 0 Å². The summed E-state index contributed by atoms with van der Waals surface area (Å²) in [6, 6.07) is 5.55. The number of sulfone groups is 1. The Balaban J connectivity index is 2.50. The number of nitrogens with zero attached hydrogens (tertiary/aromatic N) is 3. The number of hydrogen-bond donors (Lipinski definition) is 0. The van der Waals surface area contributed by atoms with Gasteiger partial charge in [0.2, 0.25) is 15.0 Å². The van der Waals surface area contributed by atoms with Crippen molar-refractivity contribution in [2.75, 3.05) is 6.26 Å². The Labute approximate surface area is 103 Å². The highest BCUT2D eigenvalue weighted by molar-refractivity contribution is 7.90. The minimum Gasteiger partial charge on any atom is -0.291 e. The van der Waals surface area contributed by atoms with Gasteiger partial charge in [0.1, 0.15) is 0 Å². The molecule has 2 aromatic rings. The number of aromatic nitrogens is 2. The minimum absolute atomic E-state index is 0.0558. The maximum absolute atomic E-state index is 11.5. The van der Waals surface area contributed by atoms with Crippen molar-refractivity contribution in [1.29, 1.82) is 0 Å². The van der Waals surface area contributed by atoms with Gasteiger partial charge in [-0.2, -0.15) is 0 Å². The zero-order valence-corrected chi connectivity index (χ0v) is 10.2. The molecule has 0 aliphatic carbocycles. The molecule has 0 radical (unpaired) electrons. The van der Waals surface area contributed by atoms with Gasteiger partial charge in [0, 0.05) is 36.5 Å². The largest absolute Gasteiger partial charge is 0.291 e. The molecular weight excluding hydrogens is 258 g/mol. The summed E-state index contributed by atoms with van der Waals surface area (Å²) in [7, 11) is -3.45. The highest BCUT2D eigenvalue weighted by atomic mass is 32.2. The molecule has 0 bridgehead atoms. The molecule has 0 amide bonds. The van der Waals surface area contributed by atoms with Crippen molar-refractivity contribution in [3.05, 3.63) is 46.8 Å². The van der Waals surface area contributed by atoms with E-state index in [9.17, 15) is 18.5 Å². The van der Waals surface area contributed by atoms with Crippen molar-refractivity contribution in [2.24, 2.45) is 0 Å². The fourth-order valence-corrected chi connectivity index (χ4v) is 2.27. The van der Waals surface area contributed by atoms with Gasteiger partial charge in [-0.3, -0.25) is 14.7 Å². The summed E-state index contributed by atoms with van der Waals surface area (Å²) in [5.74, 6) is 0. The molecule has 0 fully saturated rings. The van der Waals surface area contributed by atoms with Crippen LogP contribution in [0.4, 0.5) is 5.69 Å². The monoisotopic (exact) mass is 267 g/mol. The third kappa shape index (κ3) is 2.23. The first-order chi connectivity index (χ1) is 8.39. The Morgan fingerprint density at radius 2 is 1.89 bits per heavy atom. The summed E-state index contributed by atoms with van der Waals surface area (Å²) in [6.07, 6.45) is 3.90. The van der Waals surface area contributed by atoms with Crippen molar-refractivity contribution < 1.29 is 13.3 Å². The standard InChI is InChI=1S/C10H9N3O4S/c1-18(16,17)10-11-6-7-12(10)8-2-4-9(5-3-8)13(14)15/h2-7H,1H3. The van der Waals surface area contributed by atoms with Crippen LogP contribution in [-0.4, -0.2) is 29.1 Å². The zero-order chi connectivity index (χ0) is 13.3. The molecule has 0 saturated carbocycles. The van der Waals surface area contributed by atoms with Crippen LogP contribution < -0.4 is 0 Å². The molecule has 0 aliphatic rings. The normalized spacial score (nSPS) is 11.4. The average molecular weight is 267 g/mol. The van der Waals surface area contributed by atoms with E-state index in [1.54, 1.807) is 0 Å². The Bertz CT molecular complexity index is 688. The van der Waals surface area contributed by atoms with Crippen molar-refractivity contribution in [3.8, 4) is 5.69 Å². The number of hydrogen-bond acceptors (Lipinski definition) is 5. The van der Waals surface area contributed by atoms with Gasteiger partial charge in [-0.1, -0.05) is 0 Å². The lowest BCUT2D eigenvalue weighted by Gasteiger charge is -2.05. The van der Waals surface area contributed by atoms with Gasteiger partial charge in [-0.05, 0) is 12.1 Å². The molecule has 94 valence electrons. The second-order valence-electron chi connectivity index (χ2n) is 3.63. The Kier molecular flexibility index (Phi) is 2.87. The van der Waals surface area contributed by atoms with Crippen molar-refractivity contribution >= 4 is 15.5 Å². The van der Waals surface area contributed by atoms with E-state index in [2.05, 4.69) is 4.98 Å². The number of nitro groups is 1. The fourth-order valence-electron chi connectivity index (χ4n) is 1.50. The highest BCUT2D eigenvalue weighted by Crippen LogP contribution is 2.18. The van der Waals surface area contributed by atoms with Crippen molar-refractivity contribution in [1.82, 2.24) is 9.55 Å². The highest BCUT2D eigenvalue weighted by Gasteiger charge is 2.16. The summed E-state index contributed by atoms with van der Waals surface area (Å²) < 4.78 is 24.3. The van der Waals surface area contributed by atoms with E-state index in [1.807, 2.05) is 0 Å². The van der Waals surface area contributed by atoms with Crippen LogP contribution in [-0.2, 0) is 9.84 Å². The van der Waals surface area contributed by atoms with Crippen LogP contribution in [0.1, 0.15) is 0 Å². The topological polar surface area (TPSA) is 95.1 Å². The summed E-state index contributed by atoms with van der Waals surface area (Å²) >= 11 is 0. The van der Waals surface area contributed by atoms with E-state index in [0.717, 1.165) is 6.26 Å². The van der Waals surface area contributed by atoms with Crippen molar-refractivity contribution in [2.45, 2.75) is 5.16 Å². The van der Waals surface area contributed by atoms with E-state index >= 15 is 0 Å². The predicted molar refractivity (Wildman–Crippen MR) is 63.3 cm³/mol. The molecule has 1 aromatic heterocycles. The number of non-ortho nitro benzene ring substituents is 1. The van der Waals surface area contributed by atoms with Crippen LogP contribution in [0.2, 0.25) is 0 Å². The van der Waals surface area contributed by atoms with E-state index in [-0.39, 0.29) is 10.8 Å². The maximum Gasteiger partial charge on any atom is 0.269 e. The Morgan fingerprint density at radius 3 is 2.39 bits per heavy atom. The van der Waals surface area contributed by atoms with Gasteiger partial charge in [0.05, 0.1) is 4.92 Å². The lowest BCUT2D eigenvalue weighted by molar-refractivity contribution is -0.384. The maximum atomic E-state index is 11.5. The van der Waals surface area contributed by atoms with Crippen molar-refractivity contribution in [3.63, 3.8) is 0 Å². The molecule has 7 nitrogen and oxygen atoms in total. The first kappa shape index (κ1) is 12.2. The van der Waals surface area contributed by atoms with Gasteiger partial charge in [-0.25, -0.2) is 13.4 Å². The third-order valence-electron chi connectivity index (χ3n) is 2.28. The summed E-state index contributed by atoms with van der Waals surface area (Å²) in [6.45, 7) is 0. The van der Waals surface area contributed by atoms with E-state index < -0.39 is 14.8 Å². The van der Waals surface area contributed by atoms with Gasteiger partial charge in [-0.15, -0.1) is 0 Å². The molecule has 0 unspecified atom stereocenters. The van der Waals surface area contributed by atoms with Gasteiger partial charge in [0.25, 0.3) is 5.69 Å². The number of imidazole rings is 1. The minimum atomic E-state index is -3.45. The van der Waals surface area contributed by atoms with Crippen LogP contribution in [0, 0.1) is 10.1 Å². The quantitative estimate of drug-likeness (QED) is 0.614. The van der Waals surface area contributed by atoms with Crippen LogP contribution in [0.25, 0.3) is 5.69 Å². The Hall–Kier alpha value is -2.22. The molecule has 1 aromatic carbocycles. The summed E-state index contributed by atoms with van der Waals surface area (Å²) in [5, 5.41) is 10.4. The molecule has 1 heterocycles. The number of rotatable bonds is 3. The van der Waals surface area contributed by atoms with E-state index in [4.69, 9.17) is 0 Å². The third-order valence-corrected chi connectivity index (χ3v) is 3.24. The second kappa shape index (κ2) is 4.22.